The maximum absolute atomic E-state index is 12.1. The first-order valence-electron chi connectivity index (χ1n) is 8.71. The minimum absolute atomic E-state index is 0.00726. The van der Waals surface area contributed by atoms with Crippen LogP contribution in [0.5, 0.6) is 0 Å². The van der Waals surface area contributed by atoms with Crippen LogP contribution in [-0.2, 0) is 19.1 Å². The smallest absolute Gasteiger partial charge is 0.243 e. The second-order valence-corrected chi connectivity index (χ2v) is 7.76. The minimum atomic E-state index is -0.313. The van der Waals surface area contributed by atoms with Crippen molar-refractivity contribution in [3.05, 3.63) is 0 Å². The number of ketones is 1. The molecule has 130 valence electrons. The fraction of sp³-hybridized carbons (Fsp3) is 0.824. The lowest BCUT2D eigenvalue weighted by Crippen LogP contribution is -2.37. The van der Waals surface area contributed by atoms with Crippen molar-refractivity contribution in [2.45, 2.75) is 69.6 Å². The number of carbonyl (C=O) groups excluding carboxylic acids is 3. The van der Waals surface area contributed by atoms with E-state index in [9.17, 15) is 14.4 Å². The molecule has 23 heavy (non-hydrogen) atoms. The van der Waals surface area contributed by atoms with Crippen molar-refractivity contribution in [3.8, 4) is 0 Å². The fourth-order valence-corrected chi connectivity index (χ4v) is 4.10. The number of nitrogens with zero attached hydrogens (tertiary/aromatic N) is 1. The molecule has 2 fully saturated rings. The van der Waals surface area contributed by atoms with E-state index in [0.29, 0.717) is 0 Å². The number of likely N-dealkylation sites (tertiary alicyclic amines) is 1. The van der Waals surface area contributed by atoms with Crippen LogP contribution in [-0.4, -0.2) is 52.8 Å². The van der Waals surface area contributed by atoms with Crippen LogP contribution in [0.15, 0.2) is 0 Å². The van der Waals surface area contributed by atoms with E-state index in [2.05, 4.69) is 0 Å². The third-order valence-electron chi connectivity index (χ3n) is 4.44. The predicted octanol–water partition coefficient (Wildman–Crippen LogP) is 2.57. The average molecular weight is 341 g/mol. The first-order chi connectivity index (χ1) is 11.1. The van der Waals surface area contributed by atoms with E-state index < -0.39 is 0 Å². The molecular formula is C17H27NO4S. The summed E-state index contributed by atoms with van der Waals surface area (Å²) in [5.74, 6) is 0.147. The fourth-order valence-electron chi connectivity index (χ4n) is 3.17. The Balaban J connectivity index is 1.75. The molecule has 2 aliphatic rings. The first kappa shape index (κ1) is 18.5. The van der Waals surface area contributed by atoms with Crippen LogP contribution >= 0.6 is 11.8 Å². The number of ether oxygens (including phenoxy) is 1. The van der Waals surface area contributed by atoms with Crippen LogP contribution in [0.4, 0.5) is 0 Å². The molecule has 1 heterocycles. The Hall–Kier alpha value is -0.880. The van der Waals surface area contributed by atoms with Gasteiger partial charge in [-0.1, -0.05) is 39.0 Å². The van der Waals surface area contributed by atoms with E-state index in [1.807, 2.05) is 6.92 Å². The van der Waals surface area contributed by atoms with Crippen molar-refractivity contribution in [2.24, 2.45) is 0 Å². The van der Waals surface area contributed by atoms with Crippen LogP contribution in [0.3, 0.4) is 0 Å². The third kappa shape index (κ3) is 5.60. The van der Waals surface area contributed by atoms with Crippen molar-refractivity contribution in [1.82, 2.24) is 4.90 Å². The molecule has 1 unspecified atom stereocenters. The molecule has 0 radical (unpaired) electrons. The summed E-state index contributed by atoms with van der Waals surface area (Å²) in [7, 11) is 0. The number of hydrogen-bond donors (Lipinski definition) is 0. The molecule has 1 aliphatic heterocycles. The Morgan fingerprint density at radius 2 is 1.83 bits per heavy atom. The van der Waals surface area contributed by atoms with E-state index in [4.69, 9.17) is 4.74 Å². The highest BCUT2D eigenvalue weighted by Gasteiger charge is 2.39. The number of thioether (sulfide) groups is 1. The Labute approximate surface area is 142 Å². The van der Waals surface area contributed by atoms with Crippen LogP contribution < -0.4 is 0 Å². The molecule has 0 spiro atoms. The van der Waals surface area contributed by atoms with Gasteiger partial charge in [0, 0.05) is 6.42 Å². The monoisotopic (exact) mass is 341 g/mol. The van der Waals surface area contributed by atoms with Crippen molar-refractivity contribution in [3.63, 3.8) is 0 Å². The molecule has 0 N–H and O–H groups in total. The summed E-state index contributed by atoms with van der Waals surface area (Å²) in [4.78, 5) is 37.2. The summed E-state index contributed by atoms with van der Waals surface area (Å²) in [6.45, 7) is 1.83. The molecule has 0 aromatic heterocycles. The highest BCUT2D eigenvalue weighted by atomic mass is 32.2. The summed E-state index contributed by atoms with van der Waals surface area (Å²) in [5, 5.41) is -0.313. The van der Waals surface area contributed by atoms with Crippen molar-refractivity contribution >= 4 is 29.4 Å². The summed E-state index contributed by atoms with van der Waals surface area (Å²) >= 11 is 1.47. The summed E-state index contributed by atoms with van der Waals surface area (Å²) in [6, 6.07) is 0. The summed E-state index contributed by atoms with van der Waals surface area (Å²) in [6.07, 6.45) is 8.44. The first-order valence-corrected chi connectivity index (χ1v) is 9.75. The standard InChI is InChI=1S/C17H27NO4S/c1-2-23-15-10-16(20)18(17(15)21)11-13(19)12-22-14-8-6-4-3-5-7-9-14/h14-15H,2-12H2,1H3. The van der Waals surface area contributed by atoms with Gasteiger partial charge in [0.05, 0.1) is 17.9 Å². The van der Waals surface area contributed by atoms with E-state index in [-0.39, 0.29) is 48.5 Å². The highest BCUT2D eigenvalue weighted by molar-refractivity contribution is 8.00. The lowest BCUT2D eigenvalue weighted by atomic mass is 9.98. The molecule has 1 saturated carbocycles. The van der Waals surface area contributed by atoms with Crippen LogP contribution in [0.2, 0.25) is 0 Å². The van der Waals surface area contributed by atoms with Gasteiger partial charge < -0.3 is 4.74 Å². The number of carbonyl (C=O) groups is 3. The summed E-state index contributed by atoms with van der Waals surface area (Å²) in [5.41, 5.74) is 0. The van der Waals surface area contributed by atoms with Crippen LogP contribution in [0.25, 0.3) is 0 Å². The van der Waals surface area contributed by atoms with Gasteiger partial charge in [0.2, 0.25) is 11.8 Å². The van der Waals surface area contributed by atoms with Crippen LogP contribution in [0, 0.1) is 0 Å². The van der Waals surface area contributed by atoms with E-state index >= 15 is 0 Å². The van der Waals surface area contributed by atoms with Gasteiger partial charge in [0.25, 0.3) is 0 Å². The molecule has 2 amide bonds. The van der Waals surface area contributed by atoms with Gasteiger partial charge in [-0.15, -0.1) is 11.8 Å². The van der Waals surface area contributed by atoms with Gasteiger partial charge in [0.1, 0.15) is 6.61 Å². The normalized spacial score (nSPS) is 23.9. The Kier molecular flexibility index (Phi) is 7.56. The largest absolute Gasteiger partial charge is 0.370 e. The minimum Gasteiger partial charge on any atom is -0.370 e. The molecule has 5 nitrogen and oxygen atoms in total. The van der Waals surface area contributed by atoms with Crippen molar-refractivity contribution in [1.29, 1.82) is 0 Å². The maximum atomic E-state index is 12.1. The molecule has 6 heteroatoms. The van der Waals surface area contributed by atoms with Crippen molar-refractivity contribution < 1.29 is 19.1 Å². The Morgan fingerprint density at radius 1 is 1.17 bits per heavy atom. The SMILES string of the molecule is CCSC1CC(=O)N(CC(=O)COC2CCCCCCC2)C1=O. The molecule has 0 aromatic carbocycles. The third-order valence-corrected chi connectivity index (χ3v) is 5.54. The van der Waals surface area contributed by atoms with Crippen LogP contribution in [0.1, 0.15) is 58.3 Å². The van der Waals surface area contributed by atoms with E-state index in [0.717, 1.165) is 36.3 Å². The molecule has 2 rings (SSSR count). The van der Waals surface area contributed by atoms with Gasteiger partial charge in [-0.05, 0) is 18.6 Å². The molecule has 0 aromatic rings. The topological polar surface area (TPSA) is 63.7 Å². The molecular weight excluding hydrogens is 314 g/mol. The lowest BCUT2D eigenvalue weighted by molar-refractivity contribution is -0.143. The summed E-state index contributed by atoms with van der Waals surface area (Å²) < 4.78 is 5.73. The number of imide groups is 1. The quantitative estimate of drug-likeness (QED) is 0.666. The number of hydrogen-bond acceptors (Lipinski definition) is 5. The second-order valence-electron chi connectivity index (χ2n) is 6.28. The Morgan fingerprint density at radius 3 is 2.48 bits per heavy atom. The van der Waals surface area contributed by atoms with Gasteiger partial charge in [-0.3, -0.25) is 19.3 Å². The average Bonchev–Trinajstić information content (AvgIpc) is 2.74. The van der Waals surface area contributed by atoms with Gasteiger partial charge >= 0.3 is 0 Å². The second kappa shape index (κ2) is 9.42. The van der Waals surface area contributed by atoms with Gasteiger partial charge in [0.15, 0.2) is 5.78 Å². The highest BCUT2D eigenvalue weighted by Crippen LogP contribution is 2.25. The van der Waals surface area contributed by atoms with Gasteiger partial charge in [-0.2, -0.15) is 0 Å². The number of amides is 2. The zero-order chi connectivity index (χ0) is 16.7. The van der Waals surface area contributed by atoms with E-state index in [1.54, 1.807) is 0 Å². The zero-order valence-corrected chi connectivity index (χ0v) is 14.7. The van der Waals surface area contributed by atoms with Crippen molar-refractivity contribution in [2.75, 3.05) is 18.9 Å². The number of rotatable bonds is 7. The van der Waals surface area contributed by atoms with E-state index in [1.165, 1.54) is 31.0 Å². The number of Topliss-reactive ketones (excluding diaryl/α,β-unsaturated/α-hetero) is 1. The molecule has 1 atom stereocenters. The predicted molar refractivity (Wildman–Crippen MR) is 90.3 cm³/mol. The maximum Gasteiger partial charge on any atom is 0.243 e. The lowest BCUT2D eigenvalue weighted by Gasteiger charge is -2.20. The Bertz CT molecular complexity index is 432. The zero-order valence-electron chi connectivity index (χ0n) is 13.9. The molecule has 0 bridgehead atoms. The van der Waals surface area contributed by atoms with Gasteiger partial charge in [-0.25, -0.2) is 0 Å². The molecule has 1 saturated heterocycles. The molecule has 1 aliphatic carbocycles.